The van der Waals surface area contributed by atoms with E-state index in [0.717, 1.165) is 36.8 Å². The number of hydrogen-bond acceptors (Lipinski definition) is 3. The van der Waals surface area contributed by atoms with Crippen LogP contribution < -0.4 is 5.32 Å². The van der Waals surface area contributed by atoms with Crippen molar-refractivity contribution in [1.82, 2.24) is 10.2 Å². The molecule has 114 valence electrons. The number of rotatable bonds is 8. The van der Waals surface area contributed by atoms with Crippen molar-refractivity contribution in [1.29, 1.82) is 0 Å². The van der Waals surface area contributed by atoms with Crippen LogP contribution in [-0.2, 0) is 6.54 Å². The lowest BCUT2D eigenvalue weighted by Gasteiger charge is -2.22. The van der Waals surface area contributed by atoms with Gasteiger partial charge in [0.25, 0.3) is 0 Å². The highest BCUT2D eigenvalue weighted by Crippen LogP contribution is 2.21. The molecule has 0 spiro atoms. The number of hydrogen-bond donors (Lipinski definition) is 1. The molecule has 1 N–H and O–H groups in total. The van der Waals surface area contributed by atoms with Gasteiger partial charge in [0.15, 0.2) is 0 Å². The molecule has 0 saturated carbocycles. The lowest BCUT2D eigenvalue weighted by Crippen LogP contribution is -2.27. The van der Waals surface area contributed by atoms with Crippen molar-refractivity contribution in [3.8, 4) is 0 Å². The van der Waals surface area contributed by atoms with E-state index in [2.05, 4.69) is 30.3 Å². The maximum atomic E-state index is 6.10. The molecule has 1 atom stereocenters. The van der Waals surface area contributed by atoms with Gasteiger partial charge in [-0.25, -0.2) is 0 Å². The Labute approximate surface area is 131 Å². The standard InChI is InChI=1S/C17H23ClN2O/c1-3-19-17(14-6-4-7-15(18)12-14)9-10-20(2)13-16-8-5-11-21-16/h4-8,11-12,17,19H,3,9-10,13H2,1-2H3. The Kier molecular flexibility index (Phi) is 6.30. The summed E-state index contributed by atoms with van der Waals surface area (Å²) >= 11 is 6.10. The maximum absolute atomic E-state index is 6.10. The van der Waals surface area contributed by atoms with E-state index < -0.39 is 0 Å². The van der Waals surface area contributed by atoms with Crippen LogP contribution in [0.25, 0.3) is 0 Å². The highest BCUT2D eigenvalue weighted by Gasteiger charge is 2.12. The third-order valence-electron chi connectivity index (χ3n) is 3.51. The largest absolute Gasteiger partial charge is 0.468 e. The molecule has 2 aromatic rings. The number of halogens is 1. The molecule has 2 rings (SSSR count). The van der Waals surface area contributed by atoms with E-state index in [1.54, 1.807) is 6.26 Å². The van der Waals surface area contributed by atoms with Crippen LogP contribution >= 0.6 is 11.6 Å². The van der Waals surface area contributed by atoms with Crippen molar-refractivity contribution in [2.45, 2.75) is 25.9 Å². The van der Waals surface area contributed by atoms with E-state index in [9.17, 15) is 0 Å². The van der Waals surface area contributed by atoms with Crippen LogP contribution in [-0.4, -0.2) is 25.0 Å². The van der Waals surface area contributed by atoms with E-state index >= 15 is 0 Å². The first kappa shape index (κ1) is 16.1. The molecule has 1 aromatic carbocycles. The minimum absolute atomic E-state index is 0.327. The first-order chi connectivity index (χ1) is 10.2. The van der Waals surface area contributed by atoms with Crippen molar-refractivity contribution in [3.63, 3.8) is 0 Å². The fourth-order valence-corrected chi connectivity index (χ4v) is 2.65. The fraction of sp³-hybridized carbons (Fsp3) is 0.412. The molecule has 3 nitrogen and oxygen atoms in total. The SMILES string of the molecule is CCNC(CCN(C)Cc1ccco1)c1cccc(Cl)c1. The molecule has 0 aliphatic carbocycles. The monoisotopic (exact) mass is 306 g/mol. The van der Waals surface area contributed by atoms with Crippen LogP contribution in [0.5, 0.6) is 0 Å². The van der Waals surface area contributed by atoms with Crippen molar-refractivity contribution < 1.29 is 4.42 Å². The van der Waals surface area contributed by atoms with E-state index in [4.69, 9.17) is 16.0 Å². The maximum Gasteiger partial charge on any atom is 0.117 e. The number of nitrogens with one attached hydrogen (secondary N) is 1. The summed E-state index contributed by atoms with van der Waals surface area (Å²) in [7, 11) is 2.11. The molecular weight excluding hydrogens is 284 g/mol. The summed E-state index contributed by atoms with van der Waals surface area (Å²) in [6, 6.07) is 12.4. The fourth-order valence-electron chi connectivity index (χ4n) is 2.45. The lowest BCUT2D eigenvalue weighted by molar-refractivity contribution is 0.277. The normalized spacial score (nSPS) is 12.8. The van der Waals surface area contributed by atoms with Gasteiger partial charge in [-0.3, -0.25) is 4.90 Å². The Morgan fingerprint density at radius 2 is 2.14 bits per heavy atom. The summed E-state index contributed by atoms with van der Waals surface area (Å²) in [5, 5.41) is 4.32. The molecule has 0 aliphatic heterocycles. The third kappa shape index (κ3) is 5.20. The Bertz CT molecular complexity index is 527. The van der Waals surface area contributed by atoms with E-state index in [1.165, 1.54) is 5.56 Å². The molecule has 1 heterocycles. The molecule has 4 heteroatoms. The predicted molar refractivity (Wildman–Crippen MR) is 87.5 cm³/mol. The average Bonchev–Trinajstić information content (AvgIpc) is 2.96. The van der Waals surface area contributed by atoms with Crippen LogP contribution in [0.3, 0.4) is 0 Å². The first-order valence-electron chi connectivity index (χ1n) is 7.38. The zero-order chi connectivity index (χ0) is 15.1. The summed E-state index contributed by atoms with van der Waals surface area (Å²) in [6.45, 7) is 4.90. The van der Waals surface area contributed by atoms with Crippen LogP contribution in [0.15, 0.2) is 47.1 Å². The summed E-state index contributed by atoms with van der Waals surface area (Å²) in [4.78, 5) is 2.27. The predicted octanol–water partition coefficient (Wildman–Crippen LogP) is 4.11. The molecule has 0 fully saturated rings. The van der Waals surface area contributed by atoms with Gasteiger partial charge < -0.3 is 9.73 Å². The van der Waals surface area contributed by atoms with Gasteiger partial charge in [-0.15, -0.1) is 0 Å². The topological polar surface area (TPSA) is 28.4 Å². The van der Waals surface area contributed by atoms with Crippen LogP contribution in [0.1, 0.15) is 30.7 Å². The van der Waals surface area contributed by atoms with Gasteiger partial charge in [-0.2, -0.15) is 0 Å². The zero-order valence-corrected chi connectivity index (χ0v) is 13.4. The second-order valence-electron chi connectivity index (χ2n) is 5.27. The lowest BCUT2D eigenvalue weighted by atomic mass is 10.0. The summed E-state index contributed by atoms with van der Waals surface area (Å²) in [6.07, 6.45) is 2.75. The van der Waals surface area contributed by atoms with E-state index in [0.29, 0.717) is 6.04 Å². The smallest absolute Gasteiger partial charge is 0.117 e. The summed E-state index contributed by atoms with van der Waals surface area (Å²) in [5.41, 5.74) is 1.25. The summed E-state index contributed by atoms with van der Waals surface area (Å²) in [5.74, 6) is 1.00. The molecule has 0 amide bonds. The Hall–Kier alpha value is -1.29. The van der Waals surface area contributed by atoms with E-state index in [-0.39, 0.29) is 0 Å². The van der Waals surface area contributed by atoms with Crippen LogP contribution in [0.4, 0.5) is 0 Å². The van der Waals surface area contributed by atoms with Crippen molar-refractivity contribution in [2.24, 2.45) is 0 Å². The molecule has 1 aromatic heterocycles. The third-order valence-corrected chi connectivity index (χ3v) is 3.74. The van der Waals surface area contributed by atoms with Crippen molar-refractivity contribution >= 4 is 11.6 Å². The summed E-state index contributed by atoms with van der Waals surface area (Å²) < 4.78 is 5.38. The Morgan fingerprint density at radius 1 is 1.29 bits per heavy atom. The van der Waals surface area contributed by atoms with Gasteiger partial charge in [-0.05, 0) is 49.8 Å². The number of furan rings is 1. The van der Waals surface area contributed by atoms with Gasteiger partial charge in [0.05, 0.1) is 12.8 Å². The molecule has 21 heavy (non-hydrogen) atoms. The molecular formula is C17H23ClN2O. The van der Waals surface area contributed by atoms with Gasteiger partial charge in [0, 0.05) is 17.6 Å². The highest BCUT2D eigenvalue weighted by molar-refractivity contribution is 6.30. The van der Waals surface area contributed by atoms with Gasteiger partial charge in [-0.1, -0.05) is 30.7 Å². The molecule has 0 radical (unpaired) electrons. The quantitative estimate of drug-likeness (QED) is 0.795. The first-order valence-corrected chi connectivity index (χ1v) is 7.76. The number of nitrogens with zero attached hydrogens (tertiary/aromatic N) is 1. The minimum Gasteiger partial charge on any atom is -0.468 e. The van der Waals surface area contributed by atoms with Gasteiger partial charge in [0.1, 0.15) is 5.76 Å². The van der Waals surface area contributed by atoms with Crippen molar-refractivity contribution in [3.05, 3.63) is 59.0 Å². The van der Waals surface area contributed by atoms with Gasteiger partial charge >= 0.3 is 0 Å². The Balaban J connectivity index is 1.90. The molecule has 0 saturated heterocycles. The van der Waals surface area contributed by atoms with Crippen LogP contribution in [0.2, 0.25) is 5.02 Å². The molecule has 0 aliphatic rings. The highest BCUT2D eigenvalue weighted by atomic mass is 35.5. The van der Waals surface area contributed by atoms with E-state index in [1.807, 2.05) is 30.3 Å². The second-order valence-corrected chi connectivity index (χ2v) is 5.71. The van der Waals surface area contributed by atoms with Crippen molar-refractivity contribution in [2.75, 3.05) is 20.1 Å². The van der Waals surface area contributed by atoms with Crippen LogP contribution in [0, 0.1) is 0 Å². The number of benzene rings is 1. The Morgan fingerprint density at radius 3 is 2.81 bits per heavy atom. The zero-order valence-electron chi connectivity index (χ0n) is 12.7. The average molecular weight is 307 g/mol. The minimum atomic E-state index is 0.327. The van der Waals surface area contributed by atoms with Gasteiger partial charge in [0.2, 0.25) is 0 Å². The molecule has 1 unspecified atom stereocenters. The molecule has 0 bridgehead atoms. The second kappa shape index (κ2) is 8.23.